The molecule has 0 unspecified atom stereocenters. The highest BCUT2D eigenvalue weighted by Crippen LogP contribution is 2.37. The fourth-order valence-electron chi connectivity index (χ4n) is 4.20. The zero-order chi connectivity index (χ0) is 19.7. The van der Waals surface area contributed by atoms with Crippen LogP contribution in [-0.2, 0) is 17.6 Å². The summed E-state index contributed by atoms with van der Waals surface area (Å²) in [5.74, 6) is 1.93. The largest absolute Gasteiger partial charge is 0.410 e. The number of hydrogen-bond acceptors (Lipinski definition) is 6. The van der Waals surface area contributed by atoms with Crippen molar-refractivity contribution in [3.8, 4) is 10.8 Å². The van der Waals surface area contributed by atoms with Gasteiger partial charge >= 0.3 is 0 Å². The van der Waals surface area contributed by atoms with Crippen molar-refractivity contribution in [2.45, 2.75) is 82.2 Å². The molecule has 2 aromatic rings. The lowest BCUT2D eigenvalue weighted by atomic mass is 9.86. The predicted molar refractivity (Wildman–Crippen MR) is 114 cm³/mol. The molecule has 0 spiro atoms. The quantitative estimate of drug-likeness (QED) is 0.683. The Hall–Kier alpha value is -1.34. The smallest absolute Gasteiger partial charge is 0.277 e. The lowest BCUT2D eigenvalue weighted by molar-refractivity contribution is -0.121. The van der Waals surface area contributed by atoms with Crippen LogP contribution in [0.5, 0.6) is 0 Å². The minimum atomic E-state index is -0.250. The molecule has 2 heterocycles. The number of nitrogens with zero attached hydrogens (tertiary/aromatic N) is 2. The molecule has 1 amide bonds. The van der Waals surface area contributed by atoms with Crippen LogP contribution < -0.4 is 5.32 Å². The fourth-order valence-corrected chi connectivity index (χ4v) is 6.03. The molecule has 0 aromatic carbocycles. The molecule has 7 heteroatoms. The summed E-state index contributed by atoms with van der Waals surface area (Å²) < 4.78 is 5.88. The number of fused-ring (bicyclic) bond motifs is 1. The summed E-state index contributed by atoms with van der Waals surface area (Å²) in [6.45, 7) is 6.44. The number of aryl methyl sites for hydroxylation is 1. The van der Waals surface area contributed by atoms with Gasteiger partial charge in [-0.15, -0.1) is 21.5 Å². The van der Waals surface area contributed by atoms with E-state index < -0.39 is 0 Å². The highest BCUT2D eigenvalue weighted by molar-refractivity contribution is 8.00. The van der Waals surface area contributed by atoms with E-state index in [4.69, 9.17) is 4.42 Å². The zero-order valence-electron chi connectivity index (χ0n) is 16.9. The molecule has 0 radical (unpaired) electrons. The van der Waals surface area contributed by atoms with Gasteiger partial charge in [-0.3, -0.25) is 4.79 Å². The van der Waals surface area contributed by atoms with E-state index >= 15 is 0 Å². The molecule has 2 aromatic heterocycles. The van der Waals surface area contributed by atoms with Gasteiger partial charge in [-0.1, -0.05) is 38.5 Å². The van der Waals surface area contributed by atoms with Crippen molar-refractivity contribution in [2.75, 3.05) is 0 Å². The van der Waals surface area contributed by atoms with Gasteiger partial charge in [-0.05, 0) is 62.5 Å². The lowest BCUT2D eigenvalue weighted by Crippen LogP contribution is -2.44. The van der Waals surface area contributed by atoms with E-state index in [9.17, 15) is 4.79 Å². The van der Waals surface area contributed by atoms with Gasteiger partial charge in [0.25, 0.3) is 11.1 Å². The van der Waals surface area contributed by atoms with Gasteiger partial charge in [0.2, 0.25) is 5.91 Å². The van der Waals surface area contributed by atoms with E-state index in [-0.39, 0.29) is 11.2 Å². The van der Waals surface area contributed by atoms with Crippen LogP contribution in [0.4, 0.5) is 0 Å². The third-order valence-electron chi connectivity index (χ3n) is 6.03. The average molecular weight is 420 g/mol. The first kappa shape index (κ1) is 20.0. The minimum Gasteiger partial charge on any atom is -0.410 e. The van der Waals surface area contributed by atoms with Crippen molar-refractivity contribution in [3.63, 3.8) is 0 Å². The van der Waals surface area contributed by atoms with E-state index in [0.717, 1.165) is 30.1 Å². The number of thiophene rings is 1. The van der Waals surface area contributed by atoms with Crippen molar-refractivity contribution >= 4 is 29.0 Å². The summed E-state index contributed by atoms with van der Waals surface area (Å²) in [4.78, 5) is 15.1. The maximum Gasteiger partial charge on any atom is 0.277 e. The Morgan fingerprint density at radius 1 is 1.29 bits per heavy atom. The number of carbonyl (C=O) groups excluding carboxylic acids is 1. The normalized spacial score (nSPS) is 25.9. The molecular weight excluding hydrogens is 390 g/mol. The van der Waals surface area contributed by atoms with Crippen LogP contribution in [0.3, 0.4) is 0 Å². The molecule has 1 N–H and O–H groups in total. The van der Waals surface area contributed by atoms with Crippen molar-refractivity contribution in [3.05, 3.63) is 16.5 Å². The van der Waals surface area contributed by atoms with Gasteiger partial charge in [0.1, 0.15) is 0 Å². The monoisotopic (exact) mass is 419 g/mol. The Labute approximate surface area is 175 Å². The van der Waals surface area contributed by atoms with Gasteiger partial charge in [-0.2, -0.15) is 0 Å². The summed E-state index contributed by atoms with van der Waals surface area (Å²) in [5.41, 5.74) is 1.43. The molecule has 2 aliphatic rings. The molecular formula is C21H29N3O2S2. The Balaban J connectivity index is 1.37. The van der Waals surface area contributed by atoms with Crippen LogP contribution in [-0.4, -0.2) is 27.4 Å². The SMILES string of the molecule is C[C@@H]1CCc2sc(-c3nnc(S[C@@H](C)C(=O)N[C@@H]4CCCC[C@@H]4C)o3)cc2C1. The van der Waals surface area contributed by atoms with Gasteiger partial charge in [0.05, 0.1) is 10.1 Å². The molecule has 4 rings (SSSR count). The second kappa shape index (κ2) is 8.57. The predicted octanol–water partition coefficient (Wildman–Crippen LogP) is 5.10. The number of rotatable bonds is 5. The second-order valence-corrected chi connectivity index (χ2v) is 10.8. The van der Waals surface area contributed by atoms with E-state index in [0.29, 0.717) is 23.1 Å². The molecule has 1 fully saturated rings. The van der Waals surface area contributed by atoms with E-state index in [1.54, 1.807) is 11.3 Å². The van der Waals surface area contributed by atoms with Crippen LogP contribution in [0.1, 0.15) is 63.3 Å². The van der Waals surface area contributed by atoms with Gasteiger partial charge in [0, 0.05) is 10.9 Å². The van der Waals surface area contributed by atoms with Gasteiger partial charge in [-0.25, -0.2) is 0 Å². The summed E-state index contributed by atoms with van der Waals surface area (Å²) in [6, 6.07) is 2.50. The third-order valence-corrected chi connectivity index (χ3v) is 8.19. The molecule has 2 aliphatic carbocycles. The molecule has 1 saturated carbocycles. The number of thioether (sulfide) groups is 1. The molecule has 5 nitrogen and oxygen atoms in total. The number of hydrogen-bond donors (Lipinski definition) is 1. The molecule has 28 heavy (non-hydrogen) atoms. The Morgan fingerprint density at radius 3 is 2.93 bits per heavy atom. The van der Waals surface area contributed by atoms with E-state index in [1.165, 1.54) is 47.9 Å². The van der Waals surface area contributed by atoms with Crippen molar-refractivity contribution in [2.24, 2.45) is 11.8 Å². The fraction of sp³-hybridized carbons (Fsp3) is 0.667. The number of nitrogens with one attached hydrogen (secondary N) is 1. The second-order valence-electron chi connectivity index (χ2n) is 8.42. The molecule has 0 aliphatic heterocycles. The summed E-state index contributed by atoms with van der Waals surface area (Å²) in [5, 5.41) is 11.8. The minimum absolute atomic E-state index is 0.0593. The van der Waals surface area contributed by atoms with Crippen LogP contribution in [0.25, 0.3) is 10.8 Å². The first-order valence-electron chi connectivity index (χ1n) is 10.4. The topological polar surface area (TPSA) is 68.0 Å². The summed E-state index contributed by atoms with van der Waals surface area (Å²) in [7, 11) is 0. The third kappa shape index (κ3) is 4.46. The van der Waals surface area contributed by atoms with Crippen molar-refractivity contribution in [1.82, 2.24) is 15.5 Å². The van der Waals surface area contributed by atoms with Crippen LogP contribution in [0.2, 0.25) is 0 Å². The Kier molecular flexibility index (Phi) is 6.11. The standard InChI is InChI=1S/C21H29N3O2S2/c1-12-8-9-17-15(10-12)11-18(28-17)20-23-24-21(26-20)27-14(3)19(25)22-16-7-5-4-6-13(16)2/h11-14,16H,4-10H2,1-3H3,(H,22,25)/t12-,13+,14+,16-/m1/s1. The lowest BCUT2D eigenvalue weighted by Gasteiger charge is -2.30. The van der Waals surface area contributed by atoms with Gasteiger partial charge < -0.3 is 9.73 Å². The summed E-state index contributed by atoms with van der Waals surface area (Å²) in [6.07, 6.45) is 8.29. The highest BCUT2D eigenvalue weighted by Gasteiger charge is 2.26. The summed E-state index contributed by atoms with van der Waals surface area (Å²) >= 11 is 3.11. The molecule has 4 atom stereocenters. The first-order valence-corrected chi connectivity index (χ1v) is 12.1. The van der Waals surface area contributed by atoms with Crippen molar-refractivity contribution in [1.29, 1.82) is 0 Å². The van der Waals surface area contributed by atoms with E-state index in [2.05, 4.69) is 35.4 Å². The van der Waals surface area contributed by atoms with E-state index in [1.807, 2.05) is 6.92 Å². The van der Waals surface area contributed by atoms with Crippen molar-refractivity contribution < 1.29 is 9.21 Å². The maximum atomic E-state index is 12.6. The van der Waals surface area contributed by atoms with Crippen LogP contribution in [0.15, 0.2) is 15.7 Å². The van der Waals surface area contributed by atoms with Gasteiger partial charge in [0.15, 0.2) is 0 Å². The average Bonchev–Trinajstić information content (AvgIpc) is 3.29. The molecule has 0 saturated heterocycles. The van der Waals surface area contributed by atoms with Crippen LogP contribution >= 0.6 is 23.1 Å². The number of aromatic nitrogens is 2. The highest BCUT2D eigenvalue weighted by atomic mass is 32.2. The first-order chi connectivity index (χ1) is 13.5. The maximum absolute atomic E-state index is 12.6. The number of amides is 1. The Bertz CT molecular complexity index is 831. The number of carbonyl (C=O) groups is 1. The van der Waals surface area contributed by atoms with Crippen LogP contribution in [0, 0.1) is 11.8 Å². The molecule has 152 valence electrons. The zero-order valence-corrected chi connectivity index (χ0v) is 18.5. The molecule has 0 bridgehead atoms. The Morgan fingerprint density at radius 2 is 2.11 bits per heavy atom.